The van der Waals surface area contributed by atoms with Crippen molar-refractivity contribution in [2.45, 2.75) is 19.3 Å². The predicted octanol–water partition coefficient (Wildman–Crippen LogP) is 2.19. The molecule has 0 aliphatic rings. The normalized spacial score (nSPS) is 12.5. The summed E-state index contributed by atoms with van der Waals surface area (Å²) >= 11 is 0. The van der Waals surface area contributed by atoms with Crippen LogP contribution >= 0.6 is 0 Å². The lowest BCUT2D eigenvalue weighted by molar-refractivity contribution is -0.385. The number of nitro groups is 1. The number of rotatable bonds is 4. The summed E-state index contributed by atoms with van der Waals surface area (Å²) in [7, 11) is 0. The van der Waals surface area contributed by atoms with Crippen LogP contribution in [0, 0.1) is 15.9 Å². The quantitative estimate of drug-likeness (QED) is 0.614. The lowest BCUT2D eigenvalue weighted by atomic mass is 9.97. The van der Waals surface area contributed by atoms with Gasteiger partial charge in [0.25, 0.3) is 5.69 Å². The van der Waals surface area contributed by atoms with Crippen molar-refractivity contribution in [2.24, 2.45) is 5.73 Å². The van der Waals surface area contributed by atoms with Gasteiger partial charge in [-0.25, -0.2) is 4.39 Å². The van der Waals surface area contributed by atoms with Crippen molar-refractivity contribution < 1.29 is 9.31 Å². The van der Waals surface area contributed by atoms with E-state index in [1.54, 1.807) is 6.92 Å². The minimum absolute atomic E-state index is 0.0877. The maximum atomic E-state index is 13.3. The molecule has 0 aromatic heterocycles. The molecule has 4 nitrogen and oxygen atoms in total. The van der Waals surface area contributed by atoms with E-state index in [-0.39, 0.29) is 11.6 Å². The monoisotopic (exact) mass is 212 g/mol. The van der Waals surface area contributed by atoms with E-state index >= 15 is 0 Å². The van der Waals surface area contributed by atoms with Gasteiger partial charge in [0.1, 0.15) is 5.82 Å². The highest BCUT2D eigenvalue weighted by Gasteiger charge is 2.15. The zero-order valence-electron chi connectivity index (χ0n) is 8.44. The molecule has 1 aromatic rings. The Kier molecular flexibility index (Phi) is 3.74. The fraction of sp³-hybridized carbons (Fsp3) is 0.400. The molecule has 0 bridgehead atoms. The molecule has 0 fully saturated rings. The summed E-state index contributed by atoms with van der Waals surface area (Å²) in [6.07, 6.45) is 0.609. The Bertz CT molecular complexity index is 368. The summed E-state index contributed by atoms with van der Waals surface area (Å²) in [5.41, 5.74) is 5.63. The van der Waals surface area contributed by atoms with Crippen LogP contribution in [0.3, 0.4) is 0 Å². The molecule has 15 heavy (non-hydrogen) atoms. The van der Waals surface area contributed by atoms with E-state index in [4.69, 9.17) is 5.73 Å². The minimum Gasteiger partial charge on any atom is -0.330 e. The summed E-state index contributed by atoms with van der Waals surface area (Å²) in [5.74, 6) is -0.517. The van der Waals surface area contributed by atoms with Crippen LogP contribution in [0.4, 0.5) is 10.1 Å². The average molecular weight is 212 g/mol. The molecule has 2 N–H and O–H groups in total. The Morgan fingerprint density at radius 2 is 2.27 bits per heavy atom. The fourth-order valence-electron chi connectivity index (χ4n) is 1.43. The van der Waals surface area contributed by atoms with Crippen molar-refractivity contribution in [3.63, 3.8) is 0 Å². The molecule has 82 valence electrons. The fourth-order valence-corrected chi connectivity index (χ4v) is 1.43. The van der Waals surface area contributed by atoms with Crippen LogP contribution in [0.15, 0.2) is 18.2 Å². The Morgan fingerprint density at radius 3 is 2.80 bits per heavy atom. The maximum Gasteiger partial charge on any atom is 0.269 e. The number of halogens is 1. The molecule has 1 atom stereocenters. The third-order valence-corrected chi connectivity index (χ3v) is 2.32. The van der Waals surface area contributed by atoms with Crippen LogP contribution in [0.25, 0.3) is 0 Å². The molecular formula is C10H13FN2O2. The van der Waals surface area contributed by atoms with E-state index in [0.29, 0.717) is 18.5 Å². The first kappa shape index (κ1) is 11.6. The first-order chi connectivity index (χ1) is 7.06. The van der Waals surface area contributed by atoms with Gasteiger partial charge in [-0.05, 0) is 30.5 Å². The summed E-state index contributed by atoms with van der Waals surface area (Å²) in [5, 5.41) is 10.5. The van der Waals surface area contributed by atoms with Crippen molar-refractivity contribution in [3.8, 4) is 0 Å². The van der Waals surface area contributed by atoms with Crippen LogP contribution < -0.4 is 5.73 Å². The average Bonchev–Trinajstić information content (AvgIpc) is 2.18. The topological polar surface area (TPSA) is 69.2 Å². The molecule has 1 rings (SSSR count). The van der Waals surface area contributed by atoms with Crippen molar-refractivity contribution in [3.05, 3.63) is 39.7 Å². The summed E-state index contributed by atoms with van der Waals surface area (Å²) in [4.78, 5) is 9.97. The van der Waals surface area contributed by atoms with Gasteiger partial charge in [-0.15, -0.1) is 0 Å². The second kappa shape index (κ2) is 4.84. The van der Waals surface area contributed by atoms with E-state index in [9.17, 15) is 14.5 Å². The lowest BCUT2D eigenvalue weighted by Crippen LogP contribution is -2.06. The van der Waals surface area contributed by atoms with Gasteiger partial charge < -0.3 is 5.73 Å². The lowest BCUT2D eigenvalue weighted by Gasteiger charge is -2.10. The first-order valence-electron chi connectivity index (χ1n) is 4.70. The highest BCUT2D eigenvalue weighted by atomic mass is 19.1. The molecule has 0 heterocycles. The summed E-state index contributed by atoms with van der Waals surface area (Å²) in [6.45, 7) is 2.23. The molecule has 0 saturated heterocycles. The van der Waals surface area contributed by atoms with Crippen molar-refractivity contribution in [1.29, 1.82) is 0 Å². The number of hydrogen-bond donors (Lipinski definition) is 1. The van der Waals surface area contributed by atoms with E-state index in [1.807, 2.05) is 0 Å². The molecule has 1 aromatic carbocycles. The number of benzene rings is 1. The number of nitrogens with zero attached hydrogens (tertiary/aromatic N) is 1. The molecule has 0 amide bonds. The minimum atomic E-state index is -0.530. The van der Waals surface area contributed by atoms with Gasteiger partial charge in [0, 0.05) is 12.1 Å². The van der Waals surface area contributed by atoms with Crippen LogP contribution in [0.5, 0.6) is 0 Å². The van der Waals surface area contributed by atoms with Gasteiger partial charge in [-0.3, -0.25) is 10.1 Å². The molecule has 0 spiro atoms. The third kappa shape index (κ3) is 2.73. The number of nitro benzene ring substituents is 1. The second-order valence-corrected chi connectivity index (χ2v) is 3.44. The maximum absolute atomic E-state index is 13.3. The van der Waals surface area contributed by atoms with Crippen LogP contribution in [-0.4, -0.2) is 11.5 Å². The van der Waals surface area contributed by atoms with Gasteiger partial charge in [0.2, 0.25) is 0 Å². The highest BCUT2D eigenvalue weighted by Crippen LogP contribution is 2.25. The zero-order chi connectivity index (χ0) is 11.4. The molecule has 5 heteroatoms. The van der Waals surface area contributed by atoms with Crippen LogP contribution in [0.2, 0.25) is 0 Å². The molecule has 0 saturated carbocycles. The van der Waals surface area contributed by atoms with E-state index < -0.39 is 10.7 Å². The van der Waals surface area contributed by atoms with Crippen molar-refractivity contribution >= 4 is 5.69 Å². The zero-order valence-corrected chi connectivity index (χ0v) is 8.44. The third-order valence-electron chi connectivity index (χ3n) is 2.32. The van der Waals surface area contributed by atoms with Gasteiger partial charge >= 0.3 is 0 Å². The predicted molar refractivity (Wildman–Crippen MR) is 55.1 cm³/mol. The largest absolute Gasteiger partial charge is 0.330 e. The second-order valence-electron chi connectivity index (χ2n) is 3.44. The Balaban J connectivity index is 3.04. The molecule has 0 aliphatic carbocycles. The number of nitrogens with two attached hydrogens (primary N) is 1. The standard InChI is InChI=1S/C10H13FN2O2/c1-7(4-5-12)9-6-8(13(14)15)2-3-10(9)11/h2-3,6-7H,4-5,12H2,1H3. The molecule has 1 unspecified atom stereocenters. The van der Waals surface area contributed by atoms with Gasteiger partial charge in [-0.2, -0.15) is 0 Å². The molecular weight excluding hydrogens is 199 g/mol. The van der Waals surface area contributed by atoms with Gasteiger partial charge in [0.15, 0.2) is 0 Å². The van der Waals surface area contributed by atoms with Gasteiger partial charge in [-0.1, -0.05) is 6.92 Å². The van der Waals surface area contributed by atoms with Crippen molar-refractivity contribution in [2.75, 3.05) is 6.54 Å². The summed E-state index contributed by atoms with van der Waals surface area (Å²) < 4.78 is 13.3. The molecule has 0 aliphatic heterocycles. The Morgan fingerprint density at radius 1 is 1.60 bits per heavy atom. The van der Waals surface area contributed by atoms with E-state index in [2.05, 4.69) is 0 Å². The van der Waals surface area contributed by atoms with Gasteiger partial charge in [0.05, 0.1) is 4.92 Å². The number of hydrogen-bond acceptors (Lipinski definition) is 3. The SMILES string of the molecule is CC(CCN)c1cc([N+](=O)[O-])ccc1F. The highest BCUT2D eigenvalue weighted by molar-refractivity contribution is 5.36. The molecule has 0 radical (unpaired) electrons. The number of non-ortho nitro benzene ring substituents is 1. The van der Waals surface area contributed by atoms with E-state index in [0.717, 1.165) is 12.1 Å². The van der Waals surface area contributed by atoms with Crippen LogP contribution in [0.1, 0.15) is 24.8 Å². The summed E-state index contributed by atoms with van der Waals surface area (Å²) in [6, 6.07) is 3.56. The first-order valence-corrected chi connectivity index (χ1v) is 4.70. The van der Waals surface area contributed by atoms with Crippen molar-refractivity contribution in [1.82, 2.24) is 0 Å². The Labute approximate surface area is 87.0 Å². The smallest absolute Gasteiger partial charge is 0.269 e. The van der Waals surface area contributed by atoms with E-state index in [1.165, 1.54) is 6.07 Å². The van der Waals surface area contributed by atoms with Crippen LogP contribution in [-0.2, 0) is 0 Å². The Hall–Kier alpha value is -1.49.